The number of rotatable bonds is 5. The summed E-state index contributed by atoms with van der Waals surface area (Å²) in [7, 11) is 0. The Bertz CT molecular complexity index is 1210. The average Bonchev–Trinajstić information content (AvgIpc) is 3.36. The van der Waals surface area contributed by atoms with Gasteiger partial charge in [0.05, 0.1) is 13.2 Å². The molecule has 8 nitrogen and oxygen atoms in total. The minimum Gasteiger partial charge on any atom is -0.378 e. The zero-order chi connectivity index (χ0) is 28.5. The fraction of sp³-hybridized carbons (Fsp3) is 0.586. The first-order valence-electron chi connectivity index (χ1n) is 14.1. The molecule has 0 aliphatic carbocycles. The van der Waals surface area contributed by atoms with Gasteiger partial charge in [0.2, 0.25) is 0 Å². The molecule has 3 aliphatic heterocycles. The molecular weight excluding hydrogens is 521 g/mol. The Balaban J connectivity index is 1.40. The summed E-state index contributed by atoms with van der Waals surface area (Å²) in [5.74, 6) is 1.19. The number of aryl methyl sites for hydroxylation is 1. The number of aromatic nitrogens is 1. The van der Waals surface area contributed by atoms with E-state index in [-0.39, 0.29) is 18.1 Å². The van der Waals surface area contributed by atoms with Crippen LogP contribution in [0.15, 0.2) is 30.3 Å². The van der Waals surface area contributed by atoms with Crippen molar-refractivity contribution in [3.8, 4) is 11.1 Å². The number of piperidine rings is 1. The highest BCUT2D eigenvalue weighted by molar-refractivity contribution is 5.91. The lowest BCUT2D eigenvalue weighted by molar-refractivity contribution is -0.143. The average molecular weight is 561 g/mol. The van der Waals surface area contributed by atoms with Crippen molar-refractivity contribution in [1.82, 2.24) is 9.88 Å². The van der Waals surface area contributed by atoms with Gasteiger partial charge in [-0.05, 0) is 80.0 Å². The van der Waals surface area contributed by atoms with E-state index in [2.05, 4.69) is 34.2 Å². The van der Waals surface area contributed by atoms with E-state index >= 15 is 0 Å². The van der Waals surface area contributed by atoms with E-state index in [1.165, 1.54) is 4.90 Å². The lowest BCUT2D eigenvalue weighted by Gasteiger charge is -2.39. The number of pyridine rings is 1. The Morgan fingerprint density at radius 1 is 1.12 bits per heavy atom. The van der Waals surface area contributed by atoms with Crippen molar-refractivity contribution in [2.24, 2.45) is 11.7 Å². The van der Waals surface area contributed by atoms with Crippen LogP contribution in [0.3, 0.4) is 0 Å². The number of ether oxygens (including phenoxy) is 1. The molecular formula is C29H39F3N6O2. The third kappa shape index (κ3) is 6.98. The highest BCUT2D eigenvalue weighted by atomic mass is 19.4. The molecule has 11 heteroatoms. The molecule has 3 N–H and O–H groups in total. The van der Waals surface area contributed by atoms with Crippen LogP contribution in [-0.4, -0.2) is 80.1 Å². The van der Waals surface area contributed by atoms with E-state index < -0.39 is 18.5 Å². The number of urea groups is 1. The standard InChI is InChI=1S/C29H39F3N6O2/c1-20-4-5-23(34-27(39)37-9-6-21(18-37)17-29(30,31)32)16-24(20)22-14-25(36-10-12-40-13-11-36)35-26(15-22)38-8-3-7-28(2,33)19-38/h4-5,14-16,21H,3,6-13,17-19,33H2,1-2H3,(H,34,39)/t21-,28-/m0/s1. The summed E-state index contributed by atoms with van der Waals surface area (Å²) >= 11 is 0. The minimum absolute atomic E-state index is 0.108. The maximum atomic E-state index is 12.9. The zero-order valence-corrected chi connectivity index (χ0v) is 23.3. The molecule has 3 aliphatic rings. The number of amides is 2. The fourth-order valence-corrected chi connectivity index (χ4v) is 5.96. The Morgan fingerprint density at radius 3 is 2.55 bits per heavy atom. The van der Waals surface area contributed by atoms with Gasteiger partial charge >= 0.3 is 12.2 Å². The predicted molar refractivity (Wildman–Crippen MR) is 151 cm³/mol. The van der Waals surface area contributed by atoms with Crippen LogP contribution >= 0.6 is 0 Å². The van der Waals surface area contributed by atoms with Crippen molar-refractivity contribution in [2.45, 2.75) is 51.2 Å². The number of nitrogens with two attached hydrogens (primary N) is 1. The normalized spacial score (nSPS) is 23.9. The van der Waals surface area contributed by atoms with E-state index in [1.807, 2.05) is 25.1 Å². The molecule has 0 unspecified atom stereocenters. The summed E-state index contributed by atoms with van der Waals surface area (Å²) in [6.45, 7) is 8.92. The number of carbonyl (C=O) groups is 1. The van der Waals surface area contributed by atoms with Crippen LogP contribution in [0.5, 0.6) is 0 Å². The summed E-state index contributed by atoms with van der Waals surface area (Å²) in [6, 6.07) is 9.50. The summed E-state index contributed by atoms with van der Waals surface area (Å²) in [4.78, 5) is 23.9. The summed E-state index contributed by atoms with van der Waals surface area (Å²) in [6.07, 6.45) is -2.76. The Kier molecular flexibility index (Phi) is 8.15. The second-order valence-electron chi connectivity index (χ2n) is 11.7. The van der Waals surface area contributed by atoms with Crippen molar-refractivity contribution < 1.29 is 22.7 Å². The van der Waals surface area contributed by atoms with E-state index in [1.54, 1.807) is 0 Å². The molecule has 0 bridgehead atoms. The van der Waals surface area contributed by atoms with Crippen LogP contribution in [0.1, 0.15) is 38.2 Å². The van der Waals surface area contributed by atoms with Gasteiger partial charge in [0.25, 0.3) is 0 Å². The van der Waals surface area contributed by atoms with Crippen LogP contribution in [-0.2, 0) is 4.74 Å². The predicted octanol–water partition coefficient (Wildman–Crippen LogP) is 5.02. The first-order valence-corrected chi connectivity index (χ1v) is 14.1. The number of carbonyl (C=O) groups excluding carboxylic acids is 1. The molecule has 0 spiro atoms. The van der Waals surface area contributed by atoms with Gasteiger partial charge in [-0.2, -0.15) is 13.2 Å². The van der Waals surface area contributed by atoms with E-state index in [0.717, 1.165) is 60.8 Å². The Hall–Kier alpha value is -3.05. The Morgan fingerprint density at radius 2 is 1.85 bits per heavy atom. The van der Waals surface area contributed by atoms with Gasteiger partial charge in [0, 0.05) is 56.9 Å². The summed E-state index contributed by atoms with van der Waals surface area (Å²) in [5.41, 5.74) is 9.81. The number of morpholine rings is 1. The third-order valence-corrected chi connectivity index (χ3v) is 8.08. The number of nitrogens with zero attached hydrogens (tertiary/aromatic N) is 4. The number of hydrogen-bond acceptors (Lipinski definition) is 6. The number of hydrogen-bond donors (Lipinski definition) is 2. The Labute approximate surface area is 233 Å². The number of halogens is 3. The van der Waals surface area contributed by atoms with Crippen molar-refractivity contribution in [3.63, 3.8) is 0 Å². The van der Waals surface area contributed by atoms with Crippen LogP contribution < -0.4 is 20.9 Å². The van der Waals surface area contributed by atoms with Crippen molar-refractivity contribution >= 4 is 23.4 Å². The molecule has 40 heavy (non-hydrogen) atoms. The largest absolute Gasteiger partial charge is 0.389 e. The molecule has 2 atom stereocenters. The molecule has 2 amide bonds. The number of benzene rings is 1. The maximum Gasteiger partial charge on any atom is 0.389 e. The second kappa shape index (κ2) is 11.4. The van der Waals surface area contributed by atoms with Gasteiger partial charge in [-0.1, -0.05) is 6.07 Å². The van der Waals surface area contributed by atoms with Gasteiger partial charge in [-0.15, -0.1) is 0 Å². The summed E-state index contributed by atoms with van der Waals surface area (Å²) < 4.78 is 44.0. The highest BCUT2D eigenvalue weighted by Crippen LogP contribution is 2.35. The lowest BCUT2D eigenvalue weighted by atomic mass is 9.92. The number of nitrogens with one attached hydrogen (secondary N) is 1. The lowest BCUT2D eigenvalue weighted by Crippen LogP contribution is -2.52. The van der Waals surface area contributed by atoms with Gasteiger partial charge < -0.3 is 30.5 Å². The third-order valence-electron chi connectivity index (χ3n) is 8.08. The molecule has 2 aromatic rings. The first kappa shape index (κ1) is 28.5. The first-order chi connectivity index (χ1) is 19.0. The molecule has 218 valence electrons. The second-order valence-corrected chi connectivity index (χ2v) is 11.7. The zero-order valence-electron chi connectivity index (χ0n) is 23.3. The number of likely N-dealkylation sites (tertiary alicyclic amines) is 1. The number of anilines is 3. The van der Waals surface area contributed by atoms with Gasteiger partial charge in [-0.25, -0.2) is 9.78 Å². The van der Waals surface area contributed by atoms with Crippen LogP contribution in [0.4, 0.5) is 35.3 Å². The van der Waals surface area contributed by atoms with E-state index in [4.69, 9.17) is 15.5 Å². The van der Waals surface area contributed by atoms with Crippen molar-refractivity contribution in [1.29, 1.82) is 0 Å². The highest BCUT2D eigenvalue weighted by Gasteiger charge is 2.36. The molecule has 3 saturated heterocycles. The minimum atomic E-state index is -4.22. The monoisotopic (exact) mass is 560 g/mol. The van der Waals surface area contributed by atoms with E-state index in [0.29, 0.717) is 38.4 Å². The van der Waals surface area contributed by atoms with Gasteiger partial charge in [0.1, 0.15) is 11.6 Å². The summed E-state index contributed by atoms with van der Waals surface area (Å²) in [5, 5.41) is 2.91. The topological polar surface area (TPSA) is 87.0 Å². The maximum absolute atomic E-state index is 12.9. The fourth-order valence-electron chi connectivity index (χ4n) is 5.96. The molecule has 5 rings (SSSR count). The van der Waals surface area contributed by atoms with Crippen molar-refractivity contribution in [3.05, 3.63) is 35.9 Å². The van der Waals surface area contributed by atoms with E-state index in [9.17, 15) is 18.0 Å². The van der Waals surface area contributed by atoms with Crippen LogP contribution in [0.25, 0.3) is 11.1 Å². The van der Waals surface area contributed by atoms with Crippen LogP contribution in [0.2, 0.25) is 0 Å². The SMILES string of the molecule is Cc1ccc(NC(=O)N2CC[C@@H](CC(F)(F)F)C2)cc1-c1cc(N2CCOCC2)nc(N2CCC[C@](C)(N)C2)c1. The smallest absolute Gasteiger partial charge is 0.378 e. The van der Waals surface area contributed by atoms with Gasteiger partial charge in [-0.3, -0.25) is 0 Å². The molecule has 4 heterocycles. The van der Waals surface area contributed by atoms with Crippen LogP contribution in [0, 0.1) is 12.8 Å². The van der Waals surface area contributed by atoms with Crippen molar-refractivity contribution in [2.75, 3.05) is 67.6 Å². The molecule has 1 aromatic heterocycles. The molecule has 0 saturated carbocycles. The molecule has 3 fully saturated rings. The quantitative estimate of drug-likeness (QED) is 0.534. The molecule has 1 aromatic carbocycles. The van der Waals surface area contributed by atoms with Gasteiger partial charge in [0.15, 0.2) is 0 Å². The number of alkyl halides is 3. The molecule has 0 radical (unpaired) electrons.